The third kappa shape index (κ3) is 5.25. The van der Waals surface area contributed by atoms with E-state index >= 15 is 0 Å². The van der Waals surface area contributed by atoms with Gasteiger partial charge in [0.2, 0.25) is 0 Å². The SMILES string of the molecule is Cc1ccc(NC(=O)c2ccc(OCCC(C)C)c(Br)c2)cc1Cl. The van der Waals surface area contributed by atoms with Gasteiger partial charge in [-0.15, -0.1) is 0 Å². The summed E-state index contributed by atoms with van der Waals surface area (Å²) in [6.45, 7) is 6.89. The first-order valence-electron chi connectivity index (χ1n) is 7.86. The number of amides is 1. The standard InChI is InChI=1S/C19H21BrClNO2/c1-12(2)8-9-24-18-7-5-14(10-16(18)20)19(23)22-15-6-4-13(3)17(21)11-15/h4-7,10-12H,8-9H2,1-3H3,(H,22,23). The van der Waals surface area contributed by atoms with Crippen LogP contribution in [0.25, 0.3) is 0 Å². The van der Waals surface area contributed by atoms with Gasteiger partial charge in [0.05, 0.1) is 11.1 Å². The van der Waals surface area contributed by atoms with Gasteiger partial charge in [0, 0.05) is 16.3 Å². The van der Waals surface area contributed by atoms with Crippen LogP contribution >= 0.6 is 27.5 Å². The Hall–Kier alpha value is -1.52. The van der Waals surface area contributed by atoms with Gasteiger partial charge < -0.3 is 10.1 Å². The van der Waals surface area contributed by atoms with E-state index in [9.17, 15) is 4.79 Å². The molecule has 0 spiro atoms. The number of aryl methyl sites for hydroxylation is 1. The first-order valence-corrected chi connectivity index (χ1v) is 9.03. The van der Waals surface area contributed by atoms with E-state index < -0.39 is 0 Å². The number of carbonyl (C=O) groups is 1. The predicted molar refractivity (Wildman–Crippen MR) is 103 cm³/mol. The molecule has 0 radical (unpaired) electrons. The van der Waals surface area contributed by atoms with Crippen molar-refractivity contribution in [2.75, 3.05) is 11.9 Å². The van der Waals surface area contributed by atoms with Gasteiger partial charge in [-0.25, -0.2) is 0 Å². The van der Waals surface area contributed by atoms with Crippen molar-refractivity contribution in [3.05, 3.63) is 57.0 Å². The minimum atomic E-state index is -0.190. The Labute approximate surface area is 156 Å². The maximum Gasteiger partial charge on any atom is 0.255 e. The molecule has 0 aliphatic carbocycles. The number of hydrogen-bond acceptors (Lipinski definition) is 2. The van der Waals surface area contributed by atoms with E-state index in [1.54, 1.807) is 24.3 Å². The molecule has 0 aromatic heterocycles. The van der Waals surface area contributed by atoms with Gasteiger partial charge in [-0.2, -0.15) is 0 Å². The van der Waals surface area contributed by atoms with E-state index in [1.807, 2.05) is 19.1 Å². The molecule has 3 nitrogen and oxygen atoms in total. The molecule has 0 atom stereocenters. The van der Waals surface area contributed by atoms with Crippen LogP contribution in [0.15, 0.2) is 40.9 Å². The molecule has 0 bridgehead atoms. The minimum Gasteiger partial charge on any atom is -0.492 e. The lowest BCUT2D eigenvalue weighted by Crippen LogP contribution is -2.12. The van der Waals surface area contributed by atoms with Crippen molar-refractivity contribution in [3.8, 4) is 5.75 Å². The lowest BCUT2D eigenvalue weighted by Gasteiger charge is -2.11. The average Bonchev–Trinajstić information content (AvgIpc) is 2.52. The summed E-state index contributed by atoms with van der Waals surface area (Å²) >= 11 is 9.55. The van der Waals surface area contributed by atoms with E-state index in [0.29, 0.717) is 28.8 Å². The third-order valence-electron chi connectivity index (χ3n) is 3.58. The first kappa shape index (κ1) is 18.8. The molecule has 2 aromatic rings. The molecule has 128 valence electrons. The number of anilines is 1. The van der Waals surface area contributed by atoms with Gasteiger partial charge in [0.1, 0.15) is 5.75 Å². The van der Waals surface area contributed by atoms with Gasteiger partial charge >= 0.3 is 0 Å². The van der Waals surface area contributed by atoms with Crippen molar-refractivity contribution in [2.45, 2.75) is 27.2 Å². The predicted octanol–water partition coefficient (Wildman–Crippen LogP) is 6.09. The fourth-order valence-corrected chi connectivity index (χ4v) is 2.71. The van der Waals surface area contributed by atoms with Crippen molar-refractivity contribution in [3.63, 3.8) is 0 Å². The van der Waals surface area contributed by atoms with E-state index in [4.69, 9.17) is 16.3 Å². The molecule has 24 heavy (non-hydrogen) atoms. The Balaban J connectivity index is 2.04. The van der Waals surface area contributed by atoms with Crippen LogP contribution in [0.1, 0.15) is 36.2 Å². The van der Waals surface area contributed by atoms with E-state index in [2.05, 4.69) is 35.1 Å². The summed E-state index contributed by atoms with van der Waals surface area (Å²) in [5.41, 5.74) is 2.19. The highest BCUT2D eigenvalue weighted by molar-refractivity contribution is 9.10. The zero-order valence-corrected chi connectivity index (χ0v) is 16.4. The fraction of sp³-hybridized carbons (Fsp3) is 0.316. The number of halogens is 2. The number of hydrogen-bond donors (Lipinski definition) is 1. The molecule has 1 amide bonds. The highest BCUT2D eigenvalue weighted by Gasteiger charge is 2.10. The van der Waals surface area contributed by atoms with Crippen LogP contribution in [-0.4, -0.2) is 12.5 Å². The number of ether oxygens (including phenoxy) is 1. The van der Waals surface area contributed by atoms with Gasteiger partial charge in [-0.1, -0.05) is 31.5 Å². The number of nitrogens with one attached hydrogen (secondary N) is 1. The molecule has 2 rings (SSSR count). The third-order valence-corrected chi connectivity index (χ3v) is 4.60. The highest BCUT2D eigenvalue weighted by atomic mass is 79.9. The minimum absolute atomic E-state index is 0.190. The zero-order valence-electron chi connectivity index (χ0n) is 14.0. The van der Waals surface area contributed by atoms with Crippen molar-refractivity contribution in [2.24, 2.45) is 5.92 Å². The van der Waals surface area contributed by atoms with E-state index in [-0.39, 0.29) is 5.91 Å². The molecular formula is C19H21BrClNO2. The molecule has 2 aromatic carbocycles. The van der Waals surface area contributed by atoms with Crippen LogP contribution in [0.5, 0.6) is 5.75 Å². The normalized spacial score (nSPS) is 10.8. The van der Waals surface area contributed by atoms with Crippen LogP contribution in [0.2, 0.25) is 5.02 Å². The van der Waals surface area contributed by atoms with Crippen LogP contribution in [0, 0.1) is 12.8 Å². The lowest BCUT2D eigenvalue weighted by molar-refractivity contribution is 0.102. The maximum absolute atomic E-state index is 12.4. The second kappa shape index (κ2) is 8.54. The van der Waals surface area contributed by atoms with Gasteiger partial charge in [0.15, 0.2) is 0 Å². The molecule has 0 unspecified atom stereocenters. The molecule has 1 N–H and O–H groups in total. The molecule has 0 aliphatic heterocycles. The second-order valence-corrected chi connectivity index (χ2v) is 7.36. The van der Waals surface area contributed by atoms with Crippen LogP contribution in [0.3, 0.4) is 0 Å². The molecule has 0 saturated heterocycles. The molecule has 0 saturated carbocycles. The molecule has 5 heteroatoms. The summed E-state index contributed by atoms with van der Waals surface area (Å²) in [5, 5.41) is 3.47. The maximum atomic E-state index is 12.4. The number of benzene rings is 2. The van der Waals surface area contributed by atoms with Gasteiger partial charge in [0.25, 0.3) is 5.91 Å². The molecule has 0 heterocycles. The van der Waals surface area contributed by atoms with Gasteiger partial charge in [-0.3, -0.25) is 4.79 Å². The summed E-state index contributed by atoms with van der Waals surface area (Å²) in [5.74, 6) is 1.14. The molecule has 0 fully saturated rings. The molecule has 0 aliphatic rings. The fourth-order valence-electron chi connectivity index (χ4n) is 2.04. The van der Waals surface area contributed by atoms with E-state index in [0.717, 1.165) is 22.2 Å². The van der Waals surface area contributed by atoms with Crippen molar-refractivity contribution in [1.29, 1.82) is 0 Å². The van der Waals surface area contributed by atoms with Crippen molar-refractivity contribution >= 4 is 39.1 Å². The van der Waals surface area contributed by atoms with Crippen LogP contribution in [0.4, 0.5) is 5.69 Å². The summed E-state index contributed by atoms with van der Waals surface area (Å²) in [4.78, 5) is 12.4. The number of rotatable bonds is 6. The quantitative estimate of drug-likeness (QED) is 0.626. The van der Waals surface area contributed by atoms with Gasteiger partial charge in [-0.05, 0) is 71.1 Å². The Bertz CT molecular complexity index is 731. The first-order chi connectivity index (χ1) is 11.4. The second-order valence-electron chi connectivity index (χ2n) is 6.09. The smallest absolute Gasteiger partial charge is 0.255 e. The highest BCUT2D eigenvalue weighted by Crippen LogP contribution is 2.27. The topological polar surface area (TPSA) is 38.3 Å². The summed E-state index contributed by atoms with van der Waals surface area (Å²) < 4.78 is 6.50. The Morgan fingerprint density at radius 1 is 1.25 bits per heavy atom. The van der Waals surface area contributed by atoms with Crippen molar-refractivity contribution in [1.82, 2.24) is 0 Å². The Morgan fingerprint density at radius 3 is 2.62 bits per heavy atom. The Morgan fingerprint density at radius 2 is 2.00 bits per heavy atom. The molecular weight excluding hydrogens is 390 g/mol. The largest absolute Gasteiger partial charge is 0.492 e. The monoisotopic (exact) mass is 409 g/mol. The van der Waals surface area contributed by atoms with Crippen LogP contribution < -0.4 is 10.1 Å². The average molecular weight is 411 g/mol. The lowest BCUT2D eigenvalue weighted by atomic mass is 10.1. The zero-order chi connectivity index (χ0) is 17.7. The summed E-state index contributed by atoms with van der Waals surface area (Å²) in [6.07, 6.45) is 0.989. The summed E-state index contributed by atoms with van der Waals surface area (Å²) in [6, 6.07) is 10.8. The van der Waals surface area contributed by atoms with Crippen molar-refractivity contribution < 1.29 is 9.53 Å². The summed E-state index contributed by atoms with van der Waals surface area (Å²) in [7, 11) is 0. The van der Waals surface area contributed by atoms with Crippen LogP contribution in [-0.2, 0) is 0 Å². The Kier molecular flexibility index (Phi) is 6.69. The van der Waals surface area contributed by atoms with E-state index in [1.165, 1.54) is 0 Å². The number of carbonyl (C=O) groups excluding carboxylic acids is 1.